The lowest BCUT2D eigenvalue weighted by molar-refractivity contribution is -0.139. The van der Waals surface area contributed by atoms with Gasteiger partial charge in [0, 0.05) is 13.1 Å². The fourth-order valence-corrected chi connectivity index (χ4v) is 2.56. The van der Waals surface area contributed by atoms with Gasteiger partial charge >= 0.3 is 6.18 Å². The fourth-order valence-electron chi connectivity index (χ4n) is 2.56. The molecule has 1 atom stereocenters. The van der Waals surface area contributed by atoms with Crippen molar-refractivity contribution in [2.75, 3.05) is 26.3 Å². The summed E-state index contributed by atoms with van der Waals surface area (Å²) in [5.41, 5.74) is -0.0609. The molecule has 1 N–H and O–H groups in total. The molecule has 0 bridgehead atoms. The predicted octanol–water partition coefficient (Wildman–Crippen LogP) is 3.03. The maximum atomic E-state index is 13.2. The van der Waals surface area contributed by atoms with Crippen molar-refractivity contribution in [1.82, 2.24) is 5.32 Å². The Kier molecular flexibility index (Phi) is 4.59. The van der Waals surface area contributed by atoms with Crippen molar-refractivity contribution in [2.24, 2.45) is 5.92 Å². The monoisotopic (exact) mass is 315 g/mol. The molecular formula is C16H20F3NO2. The van der Waals surface area contributed by atoms with Crippen LogP contribution in [-0.2, 0) is 17.3 Å². The van der Waals surface area contributed by atoms with Crippen molar-refractivity contribution in [1.29, 1.82) is 0 Å². The lowest BCUT2D eigenvalue weighted by atomic mass is 10.0. The first kappa shape index (κ1) is 15.6. The molecule has 22 heavy (non-hydrogen) atoms. The lowest BCUT2D eigenvalue weighted by Gasteiger charge is -2.24. The molecule has 2 aliphatic rings. The SMILES string of the molecule is FC(F)(F)c1cc(CC2CNCCO2)ccc1OCC1CC1. The van der Waals surface area contributed by atoms with Gasteiger partial charge in [-0.15, -0.1) is 0 Å². The van der Waals surface area contributed by atoms with E-state index in [4.69, 9.17) is 9.47 Å². The highest BCUT2D eigenvalue weighted by molar-refractivity contribution is 5.39. The molecule has 1 aromatic rings. The summed E-state index contributed by atoms with van der Waals surface area (Å²) >= 11 is 0. The molecule has 2 fully saturated rings. The molecule has 1 aliphatic heterocycles. The highest BCUT2D eigenvalue weighted by atomic mass is 19.4. The Morgan fingerprint density at radius 1 is 1.27 bits per heavy atom. The Balaban J connectivity index is 1.73. The Morgan fingerprint density at radius 2 is 2.09 bits per heavy atom. The zero-order valence-corrected chi connectivity index (χ0v) is 12.3. The Bertz CT molecular complexity index is 509. The van der Waals surface area contributed by atoms with Crippen LogP contribution in [0, 0.1) is 5.92 Å². The summed E-state index contributed by atoms with van der Waals surface area (Å²) in [6, 6.07) is 4.34. The number of morpholine rings is 1. The highest BCUT2D eigenvalue weighted by Crippen LogP contribution is 2.38. The minimum atomic E-state index is -4.40. The van der Waals surface area contributed by atoms with E-state index in [1.165, 1.54) is 12.1 Å². The molecule has 0 spiro atoms. The second-order valence-electron chi connectivity index (χ2n) is 5.98. The summed E-state index contributed by atoms with van der Waals surface area (Å²) in [5.74, 6) is 0.355. The average Bonchev–Trinajstić information content (AvgIpc) is 3.30. The Hall–Kier alpha value is -1.27. The van der Waals surface area contributed by atoms with Crippen LogP contribution in [0.4, 0.5) is 13.2 Å². The maximum Gasteiger partial charge on any atom is 0.419 e. The molecule has 0 radical (unpaired) electrons. The summed E-state index contributed by atoms with van der Waals surface area (Å²) in [6.45, 7) is 2.43. The standard InChI is InChI=1S/C16H20F3NO2/c17-16(18,19)14-8-12(7-13-9-20-5-6-21-13)3-4-15(14)22-10-11-1-2-11/h3-4,8,11,13,20H,1-2,5-7,9-10H2. The third-order valence-electron chi connectivity index (χ3n) is 3.99. The van der Waals surface area contributed by atoms with Crippen LogP contribution in [0.1, 0.15) is 24.0 Å². The fraction of sp³-hybridized carbons (Fsp3) is 0.625. The molecule has 6 heteroatoms. The summed E-state index contributed by atoms with van der Waals surface area (Å²) in [4.78, 5) is 0. The van der Waals surface area contributed by atoms with Crippen LogP contribution in [0.15, 0.2) is 18.2 Å². The van der Waals surface area contributed by atoms with E-state index in [0.29, 0.717) is 37.7 Å². The number of rotatable bonds is 5. The smallest absolute Gasteiger partial charge is 0.419 e. The van der Waals surface area contributed by atoms with Crippen LogP contribution >= 0.6 is 0 Å². The van der Waals surface area contributed by atoms with E-state index in [1.807, 2.05) is 0 Å². The number of halogens is 3. The molecular weight excluding hydrogens is 295 g/mol. The van der Waals surface area contributed by atoms with Crippen LogP contribution in [0.2, 0.25) is 0 Å². The molecule has 0 aromatic heterocycles. The quantitative estimate of drug-likeness (QED) is 0.906. The van der Waals surface area contributed by atoms with Gasteiger partial charge in [-0.25, -0.2) is 0 Å². The normalized spacial score (nSPS) is 22.6. The predicted molar refractivity (Wildman–Crippen MR) is 76.0 cm³/mol. The zero-order chi connectivity index (χ0) is 15.6. The first-order chi connectivity index (χ1) is 10.5. The number of ether oxygens (including phenoxy) is 2. The maximum absolute atomic E-state index is 13.2. The molecule has 3 rings (SSSR count). The van der Waals surface area contributed by atoms with Gasteiger partial charge in [0.1, 0.15) is 5.75 Å². The minimum Gasteiger partial charge on any atom is -0.493 e. The van der Waals surface area contributed by atoms with Gasteiger partial charge < -0.3 is 14.8 Å². The summed E-state index contributed by atoms with van der Waals surface area (Å²) in [7, 11) is 0. The van der Waals surface area contributed by atoms with Gasteiger partial charge in [0.2, 0.25) is 0 Å². The average molecular weight is 315 g/mol. The van der Waals surface area contributed by atoms with E-state index < -0.39 is 11.7 Å². The van der Waals surface area contributed by atoms with Gasteiger partial charge in [0.25, 0.3) is 0 Å². The second-order valence-corrected chi connectivity index (χ2v) is 5.98. The molecule has 3 nitrogen and oxygen atoms in total. The number of benzene rings is 1. The van der Waals surface area contributed by atoms with E-state index in [-0.39, 0.29) is 11.9 Å². The third-order valence-corrected chi connectivity index (χ3v) is 3.99. The minimum absolute atomic E-state index is 0.0640. The van der Waals surface area contributed by atoms with Gasteiger partial charge in [-0.2, -0.15) is 13.2 Å². The van der Waals surface area contributed by atoms with Gasteiger partial charge in [-0.1, -0.05) is 6.07 Å². The van der Waals surface area contributed by atoms with Crippen molar-refractivity contribution in [3.63, 3.8) is 0 Å². The molecule has 1 saturated heterocycles. The first-order valence-corrected chi connectivity index (χ1v) is 7.67. The van der Waals surface area contributed by atoms with Crippen LogP contribution < -0.4 is 10.1 Å². The van der Waals surface area contributed by atoms with Crippen LogP contribution in [-0.4, -0.2) is 32.4 Å². The number of nitrogens with one attached hydrogen (secondary N) is 1. The molecule has 1 aromatic carbocycles. The second kappa shape index (κ2) is 6.46. The van der Waals surface area contributed by atoms with Crippen LogP contribution in [0.3, 0.4) is 0 Å². The molecule has 122 valence electrons. The molecule has 0 amide bonds. The van der Waals surface area contributed by atoms with Crippen molar-refractivity contribution in [3.05, 3.63) is 29.3 Å². The number of alkyl halides is 3. The van der Waals surface area contributed by atoms with Crippen LogP contribution in [0.25, 0.3) is 0 Å². The van der Waals surface area contributed by atoms with E-state index in [2.05, 4.69) is 5.32 Å². The van der Waals surface area contributed by atoms with Gasteiger partial charge in [-0.3, -0.25) is 0 Å². The molecule has 1 aliphatic carbocycles. The molecule has 1 heterocycles. The molecule has 1 saturated carbocycles. The Labute approximate surface area is 127 Å². The van der Waals surface area contributed by atoms with Crippen molar-refractivity contribution < 1.29 is 22.6 Å². The highest BCUT2D eigenvalue weighted by Gasteiger charge is 2.35. The summed E-state index contributed by atoms with van der Waals surface area (Å²) in [6.07, 6.45) is -1.91. The van der Waals surface area contributed by atoms with E-state index >= 15 is 0 Å². The van der Waals surface area contributed by atoms with Crippen molar-refractivity contribution in [2.45, 2.75) is 31.5 Å². The third kappa shape index (κ3) is 4.14. The van der Waals surface area contributed by atoms with Gasteiger partial charge in [0.05, 0.1) is 24.9 Å². The summed E-state index contributed by atoms with van der Waals surface area (Å²) < 4.78 is 50.6. The van der Waals surface area contributed by atoms with Gasteiger partial charge in [-0.05, 0) is 42.9 Å². The molecule has 1 unspecified atom stereocenters. The largest absolute Gasteiger partial charge is 0.493 e. The zero-order valence-electron chi connectivity index (χ0n) is 12.3. The summed E-state index contributed by atoms with van der Waals surface area (Å²) in [5, 5.41) is 3.18. The Morgan fingerprint density at radius 3 is 2.73 bits per heavy atom. The van der Waals surface area contributed by atoms with E-state index in [1.54, 1.807) is 6.07 Å². The first-order valence-electron chi connectivity index (χ1n) is 7.67. The number of hydrogen-bond donors (Lipinski definition) is 1. The van der Waals surface area contributed by atoms with Crippen LogP contribution in [0.5, 0.6) is 5.75 Å². The van der Waals surface area contributed by atoms with Crippen molar-refractivity contribution in [3.8, 4) is 5.75 Å². The van der Waals surface area contributed by atoms with E-state index in [0.717, 1.165) is 19.4 Å². The van der Waals surface area contributed by atoms with Crippen molar-refractivity contribution >= 4 is 0 Å². The number of hydrogen-bond acceptors (Lipinski definition) is 3. The topological polar surface area (TPSA) is 30.5 Å². The van der Waals surface area contributed by atoms with Gasteiger partial charge in [0.15, 0.2) is 0 Å². The lowest BCUT2D eigenvalue weighted by Crippen LogP contribution is -2.39. The van der Waals surface area contributed by atoms with E-state index in [9.17, 15) is 13.2 Å².